The minimum atomic E-state index is 0.0153. The third-order valence-corrected chi connectivity index (χ3v) is 4.16. The van der Waals surface area contributed by atoms with Crippen LogP contribution in [0.1, 0.15) is 42.7 Å². The number of aromatic nitrogens is 2. The summed E-state index contributed by atoms with van der Waals surface area (Å²) in [5, 5.41) is 0.700. The lowest BCUT2D eigenvalue weighted by atomic mass is 10.2. The van der Waals surface area contributed by atoms with Crippen molar-refractivity contribution in [1.29, 1.82) is 0 Å². The minimum Gasteiger partial charge on any atom is -0.461 e. The van der Waals surface area contributed by atoms with Gasteiger partial charge in [0.1, 0.15) is 5.03 Å². The Hall–Kier alpha value is -1.82. The Morgan fingerprint density at radius 2 is 1.96 bits per heavy atom. The molecule has 0 fully saturated rings. The van der Waals surface area contributed by atoms with Gasteiger partial charge in [-0.1, -0.05) is 13.8 Å². The van der Waals surface area contributed by atoms with Gasteiger partial charge in [0.2, 0.25) is 0 Å². The molecule has 0 aliphatic rings. The SMILES string of the molecule is CCCN(CCC)C(=O)c1c(C)nc(-c2ccco2)nc1SC. The minimum absolute atomic E-state index is 0.0153. The zero-order valence-electron chi connectivity index (χ0n) is 14.1. The van der Waals surface area contributed by atoms with E-state index in [1.165, 1.54) is 11.8 Å². The Balaban J connectivity index is 2.43. The van der Waals surface area contributed by atoms with Gasteiger partial charge in [-0.2, -0.15) is 0 Å². The number of hydrogen-bond acceptors (Lipinski definition) is 5. The quantitative estimate of drug-likeness (QED) is 0.565. The highest BCUT2D eigenvalue weighted by molar-refractivity contribution is 7.98. The van der Waals surface area contributed by atoms with Crippen molar-refractivity contribution in [3.63, 3.8) is 0 Å². The van der Waals surface area contributed by atoms with Gasteiger partial charge in [0.15, 0.2) is 11.6 Å². The molecule has 6 heteroatoms. The van der Waals surface area contributed by atoms with Crippen molar-refractivity contribution in [2.45, 2.75) is 38.6 Å². The van der Waals surface area contributed by atoms with Crippen molar-refractivity contribution in [2.24, 2.45) is 0 Å². The molecular formula is C17H23N3O2S. The zero-order chi connectivity index (χ0) is 16.8. The van der Waals surface area contributed by atoms with Gasteiger partial charge in [-0.3, -0.25) is 4.79 Å². The van der Waals surface area contributed by atoms with Crippen molar-refractivity contribution >= 4 is 17.7 Å². The van der Waals surface area contributed by atoms with Crippen molar-refractivity contribution in [3.8, 4) is 11.6 Å². The van der Waals surface area contributed by atoms with Gasteiger partial charge >= 0.3 is 0 Å². The van der Waals surface area contributed by atoms with Gasteiger partial charge in [0.25, 0.3) is 5.91 Å². The van der Waals surface area contributed by atoms with Crippen LogP contribution in [-0.4, -0.2) is 40.1 Å². The van der Waals surface area contributed by atoms with Crippen LogP contribution in [0, 0.1) is 6.92 Å². The molecule has 2 rings (SSSR count). The number of aryl methyl sites for hydroxylation is 1. The Morgan fingerprint density at radius 1 is 1.26 bits per heavy atom. The van der Waals surface area contributed by atoms with Crippen molar-refractivity contribution in [2.75, 3.05) is 19.3 Å². The molecule has 1 amide bonds. The summed E-state index contributed by atoms with van der Waals surface area (Å²) in [5.41, 5.74) is 1.30. The van der Waals surface area contributed by atoms with Crippen LogP contribution in [0.3, 0.4) is 0 Å². The summed E-state index contributed by atoms with van der Waals surface area (Å²) in [6, 6.07) is 3.62. The average Bonchev–Trinajstić information content (AvgIpc) is 3.07. The monoisotopic (exact) mass is 333 g/mol. The number of nitrogens with zero attached hydrogens (tertiary/aromatic N) is 3. The molecule has 124 valence electrons. The second-order valence-corrected chi connectivity index (χ2v) is 6.08. The molecule has 23 heavy (non-hydrogen) atoms. The molecule has 0 saturated heterocycles. The maximum absolute atomic E-state index is 12.9. The standard InChI is InChI=1S/C17H23N3O2S/c1-5-9-20(10-6-2)17(21)14-12(3)18-15(19-16(14)23-4)13-8-7-11-22-13/h7-8,11H,5-6,9-10H2,1-4H3. The van der Waals surface area contributed by atoms with Crippen LogP contribution in [0.2, 0.25) is 0 Å². The number of hydrogen-bond donors (Lipinski definition) is 0. The van der Waals surface area contributed by atoms with Gasteiger partial charge in [-0.25, -0.2) is 9.97 Å². The predicted molar refractivity (Wildman–Crippen MR) is 92.7 cm³/mol. The molecule has 0 radical (unpaired) electrons. The van der Waals surface area contributed by atoms with Crippen LogP contribution >= 0.6 is 11.8 Å². The second-order valence-electron chi connectivity index (χ2n) is 5.29. The first-order chi connectivity index (χ1) is 11.1. The lowest BCUT2D eigenvalue weighted by Crippen LogP contribution is -2.33. The number of furan rings is 1. The highest BCUT2D eigenvalue weighted by atomic mass is 32.2. The van der Waals surface area contributed by atoms with E-state index in [0.29, 0.717) is 27.9 Å². The van der Waals surface area contributed by atoms with Gasteiger partial charge in [-0.15, -0.1) is 11.8 Å². The fourth-order valence-electron chi connectivity index (χ4n) is 2.47. The van der Waals surface area contributed by atoms with E-state index in [1.54, 1.807) is 12.3 Å². The number of carbonyl (C=O) groups is 1. The molecule has 0 aliphatic carbocycles. The van der Waals surface area contributed by atoms with Crippen LogP contribution in [-0.2, 0) is 0 Å². The van der Waals surface area contributed by atoms with E-state index in [9.17, 15) is 4.79 Å². The summed E-state index contributed by atoms with van der Waals surface area (Å²) in [6.45, 7) is 7.51. The van der Waals surface area contributed by atoms with Crippen molar-refractivity contribution < 1.29 is 9.21 Å². The molecule has 2 heterocycles. The first kappa shape index (κ1) is 17.5. The van der Waals surface area contributed by atoms with Gasteiger partial charge in [0.05, 0.1) is 17.5 Å². The van der Waals surface area contributed by atoms with Crippen molar-refractivity contribution in [1.82, 2.24) is 14.9 Å². The summed E-state index contributed by atoms with van der Waals surface area (Å²) in [5.74, 6) is 1.15. The largest absolute Gasteiger partial charge is 0.461 e. The number of thioether (sulfide) groups is 1. The molecule has 0 spiro atoms. The molecule has 0 atom stereocenters. The molecule has 0 bridgehead atoms. The summed E-state index contributed by atoms with van der Waals surface area (Å²) >= 11 is 1.46. The van der Waals surface area contributed by atoms with Crippen molar-refractivity contribution in [3.05, 3.63) is 29.7 Å². The topological polar surface area (TPSA) is 59.2 Å². The Kier molecular flexibility index (Phi) is 6.21. The second kappa shape index (κ2) is 8.15. The number of carbonyl (C=O) groups excluding carboxylic acids is 1. The van der Waals surface area contributed by atoms with Crippen LogP contribution in [0.25, 0.3) is 11.6 Å². The molecule has 2 aromatic heterocycles. The lowest BCUT2D eigenvalue weighted by Gasteiger charge is -2.23. The van der Waals surface area contributed by atoms with E-state index in [4.69, 9.17) is 4.42 Å². The molecule has 0 aliphatic heterocycles. The van der Waals surface area contributed by atoms with E-state index in [1.807, 2.05) is 24.1 Å². The zero-order valence-corrected chi connectivity index (χ0v) is 14.9. The molecule has 5 nitrogen and oxygen atoms in total. The smallest absolute Gasteiger partial charge is 0.258 e. The van der Waals surface area contributed by atoms with E-state index in [-0.39, 0.29) is 5.91 Å². The first-order valence-electron chi connectivity index (χ1n) is 7.88. The van der Waals surface area contributed by atoms with Crippen LogP contribution in [0.4, 0.5) is 0 Å². The maximum atomic E-state index is 12.9. The van der Waals surface area contributed by atoms with Gasteiger partial charge in [0, 0.05) is 13.1 Å². The third kappa shape index (κ3) is 3.93. The Bertz CT molecular complexity index is 650. The predicted octanol–water partition coefficient (Wildman–Crippen LogP) is 4.03. The van der Waals surface area contributed by atoms with Crippen LogP contribution in [0.15, 0.2) is 27.8 Å². The van der Waals surface area contributed by atoms with Crippen LogP contribution < -0.4 is 0 Å². The van der Waals surface area contributed by atoms with E-state index in [2.05, 4.69) is 23.8 Å². The first-order valence-corrected chi connectivity index (χ1v) is 9.10. The fraction of sp³-hybridized carbons (Fsp3) is 0.471. The Labute approximate surface area is 141 Å². The van der Waals surface area contributed by atoms with E-state index >= 15 is 0 Å². The molecule has 2 aromatic rings. The molecular weight excluding hydrogens is 310 g/mol. The highest BCUT2D eigenvalue weighted by Gasteiger charge is 2.23. The molecule has 0 saturated carbocycles. The molecule has 0 unspecified atom stereocenters. The maximum Gasteiger partial charge on any atom is 0.258 e. The van der Waals surface area contributed by atoms with E-state index in [0.717, 1.165) is 25.9 Å². The van der Waals surface area contributed by atoms with Gasteiger partial charge < -0.3 is 9.32 Å². The fourth-order valence-corrected chi connectivity index (χ4v) is 3.09. The number of amides is 1. The highest BCUT2D eigenvalue weighted by Crippen LogP contribution is 2.26. The molecule has 0 N–H and O–H groups in total. The lowest BCUT2D eigenvalue weighted by molar-refractivity contribution is 0.0750. The molecule has 0 aromatic carbocycles. The average molecular weight is 333 g/mol. The summed E-state index contributed by atoms with van der Waals surface area (Å²) in [6.07, 6.45) is 5.39. The van der Waals surface area contributed by atoms with Crippen LogP contribution in [0.5, 0.6) is 0 Å². The summed E-state index contributed by atoms with van der Waals surface area (Å²) in [4.78, 5) is 23.8. The summed E-state index contributed by atoms with van der Waals surface area (Å²) in [7, 11) is 0. The van der Waals surface area contributed by atoms with E-state index < -0.39 is 0 Å². The summed E-state index contributed by atoms with van der Waals surface area (Å²) < 4.78 is 5.37. The third-order valence-electron chi connectivity index (χ3n) is 3.48. The number of rotatable bonds is 7. The van der Waals surface area contributed by atoms with Gasteiger partial charge in [-0.05, 0) is 38.2 Å². The Morgan fingerprint density at radius 3 is 2.48 bits per heavy atom. The normalized spacial score (nSPS) is 10.8.